The van der Waals surface area contributed by atoms with Crippen LogP contribution in [0.4, 0.5) is 5.82 Å². The normalized spacial score (nSPS) is 27.6. The summed E-state index contributed by atoms with van der Waals surface area (Å²) in [7, 11) is 0. The van der Waals surface area contributed by atoms with Crippen molar-refractivity contribution in [3.05, 3.63) is 23.9 Å². The fourth-order valence-electron chi connectivity index (χ4n) is 3.39. The molecule has 1 saturated heterocycles. The molecule has 1 atom stereocenters. The van der Waals surface area contributed by atoms with Crippen LogP contribution in [0.5, 0.6) is 0 Å². The Morgan fingerprint density at radius 2 is 2.32 bits per heavy atom. The van der Waals surface area contributed by atoms with E-state index in [2.05, 4.69) is 22.9 Å². The van der Waals surface area contributed by atoms with Crippen LogP contribution in [0.3, 0.4) is 0 Å². The molecule has 3 heteroatoms. The Hall–Kier alpha value is -1.09. The zero-order chi connectivity index (χ0) is 13.3. The van der Waals surface area contributed by atoms with Crippen molar-refractivity contribution in [2.45, 2.75) is 39.0 Å². The standard InChI is InChI=1S/C16H24N2O/c1-13-5-7-17-15(9-13)18-8-2-6-16(11-18,12-19)10-14-3-4-14/h5,7,9,14,19H,2-4,6,8,10-12H2,1H3. The predicted molar refractivity (Wildman–Crippen MR) is 77.3 cm³/mol. The molecule has 0 aromatic carbocycles. The number of aliphatic hydroxyl groups excluding tert-OH is 1. The van der Waals surface area contributed by atoms with Gasteiger partial charge >= 0.3 is 0 Å². The summed E-state index contributed by atoms with van der Waals surface area (Å²) in [5.74, 6) is 1.95. The van der Waals surface area contributed by atoms with E-state index in [-0.39, 0.29) is 5.41 Å². The van der Waals surface area contributed by atoms with Crippen LogP contribution >= 0.6 is 0 Å². The van der Waals surface area contributed by atoms with Gasteiger partial charge in [-0.05, 0) is 49.8 Å². The maximum Gasteiger partial charge on any atom is 0.128 e. The molecule has 2 fully saturated rings. The van der Waals surface area contributed by atoms with Crippen molar-refractivity contribution in [3.8, 4) is 0 Å². The summed E-state index contributed by atoms with van der Waals surface area (Å²) >= 11 is 0. The van der Waals surface area contributed by atoms with Gasteiger partial charge in [-0.2, -0.15) is 0 Å². The van der Waals surface area contributed by atoms with E-state index < -0.39 is 0 Å². The molecule has 0 amide bonds. The molecule has 1 aliphatic heterocycles. The lowest BCUT2D eigenvalue weighted by Gasteiger charge is -2.42. The highest BCUT2D eigenvalue weighted by atomic mass is 16.3. The van der Waals surface area contributed by atoms with E-state index in [1.807, 2.05) is 12.3 Å². The van der Waals surface area contributed by atoms with Gasteiger partial charge in [0.05, 0.1) is 6.61 Å². The SMILES string of the molecule is Cc1ccnc(N2CCCC(CO)(CC3CC3)C2)c1. The lowest BCUT2D eigenvalue weighted by molar-refractivity contribution is 0.0901. The monoisotopic (exact) mass is 260 g/mol. The molecule has 3 nitrogen and oxygen atoms in total. The Morgan fingerprint density at radius 1 is 1.47 bits per heavy atom. The number of nitrogens with zero attached hydrogens (tertiary/aromatic N) is 2. The minimum atomic E-state index is 0.116. The van der Waals surface area contributed by atoms with Crippen molar-refractivity contribution in [2.24, 2.45) is 11.3 Å². The summed E-state index contributed by atoms with van der Waals surface area (Å²) in [5.41, 5.74) is 1.37. The van der Waals surface area contributed by atoms with E-state index in [9.17, 15) is 5.11 Å². The van der Waals surface area contributed by atoms with E-state index >= 15 is 0 Å². The summed E-state index contributed by atoms with van der Waals surface area (Å²) in [6, 6.07) is 4.20. The number of hydrogen-bond acceptors (Lipinski definition) is 3. The quantitative estimate of drug-likeness (QED) is 0.904. The maximum atomic E-state index is 9.89. The third-order valence-electron chi connectivity index (χ3n) is 4.64. The van der Waals surface area contributed by atoms with Gasteiger partial charge in [0.15, 0.2) is 0 Å². The molecule has 1 aromatic heterocycles. The Labute approximate surface area is 115 Å². The van der Waals surface area contributed by atoms with Crippen molar-refractivity contribution < 1.29 is 5.11 Å². The van der Waals surface area contributed by atoms with Gasteiger partial charge in [-0.15, -0.1) is 0 Å². The zero-order valence-electron chi connectivity index (χ0n) is 11.8. The molecule has 1 aliphatic carbocycles. The number of piperidine rings is 1. The summed E-state index contributed by atoms with van der Waals surface area (Å²) in [6.45, 7) is 4.48. The number of anilines is 1. The molecule has 2 heterocycles. The summed E-state index contributed by atoms with van der Waals surface area (Å²) in [5, 5.41) is 9.89. The van der Waals surface area contributed by atoms with E-state index in [1.165, 1.54) is 37.7 Å². The van der Waals surface area contributed by atoms with Crippen LogP contribution in [0.25, 0.3) is 0 Å². The van der Waals surface area contributed by atoms with E-state index in [0.717, 1.165) is 24.8 Å². The maximum absolute atomic E-state index is 9.89. The number of pyridine rings is 1. The highest BCUT2D eigenvalue weighted by Crippen LogP contribution is 2.44. The lowest BCUT2D eigenvalue weighted by Crippen LogP contribution is -2.46. The zero-order valence-corrected chi connectivity index (χ0v) is 11.8. The smallest absolute Gasteiger partial charge is 0.128 e. The molecular weight excluding hydrogens is 236 g/mol. The first-order valence-electron chi connectivity index (χ1n) is 7.49. The Bertz CT molecular complexity index is 444. The fourth-order valence-corrected chi connectivity index (χ4v) is 3.39. The highest BCUT2D eigenvalue weighted by molar-refractivity contribution is 5.41. The fraction of sp³-hybridized carbons (Fsp3) is 0.688. The number of hydrogen-bond donors (Lipinski definition) is 1. The minimum Gasteiger partial charge on any atom is -0.396 e. The first-order chi connectivity index (χ1) is 9.21. The first-order valence-corrected chi connectivity index (χ1v) is 7.49. The highest BCUT2D eigenvalue weighted by Gasteiger charge is 2.40. The number of aromatic nitrogens is 1. The summed E-state index contributed by atoms with van der Waals surface area (Å²) < 4.78 is 0. The van der Waals surface area contributed by atoms with Crippen LogP contribution in [0, 0.1) is 18.3 Å². The third-order valence-corrected chi connectivity index (χ3v) is 4.64. The van der Waals surface area contributed by atoms with Gasteiger partial charge in [-0.1, -0.05) is 12.8 Å². The predicted octanol–water partition coefficient (Wildman–Crippen LogP) is 2.77. The van der Waals surface area contributed by atoms with E-state index in [1.54, 1.807) is 0 Å². The van der Waals surface area contributed by atoms with Gasteiger partial charge in [0.25, 0.3) is 0 Å². The van der Waals surface area contributed by atoms with E-state index in [4.69, 9.17) is 0 Å². The van der Waals surface area contributed by atoms with Crippen LogP contribution < -0.4 is 4.90 Å². The van der Waals surface area contributed by atoms with E-state index in [0.29, 0.717) is 6.61 Å². The Morgan fingerprint density at radius 3 is 3.00 bits per heavy atom. The van der Waals surface area contributed by atoms with Gasteiger partial charge in [0.1, 0.15) is 5.82 Å². The molecule has 19 heavy (non-hydrogen) atoms. The van der Waals surface area contributed by atoms with Gasteiger partial charge in [-0.3, -0.25) is 0 Å². The first kappa shape index (κ1) is 12.9. The van der Waals surface area contributed by atoms with Crippen LogP contribution in [0.15, 0.2) is 18.3 Å². The minimum absolute atomic E-state index is 0.116. The molecule has 3 rings (SSSR count). The van der Waals surface area contributed by atoms with Crippen molar-refractivity contribution >= 4 is 5.82 Å². The average Bonchev–Trinajstić information content (AvgIpc) is 3.23. The molecular formula is C16H24N2O. The van der Waals surface area contributed by atoms with Crippen molar-refractivity contribution in [2.75, 3.05) is 24.6 Å². The number of rotatable bonds is 4. The molecule has 1 saturated carbocycles. The summed E-state index contributed by atoms with van der Waals surface area (Å²) in [4.78, 5) is 6.87. The number of aliphatic hydroxyl groups is 1. The molecule has 0 radical (unpaired) electrons. The average molecular weight is 260 g/mol. The van der Waals surface area contributed by atoms with Crippen LogP contribution in [-0.2, 0) is 0 Å². The van der Waals surface area contributed by atoms with Gasteiger partial charge in [0.2, 0.25) is 0 Å². The second kappa shape index (κ2) is 5.12. The molecule has 1 N–H and O–H groups in total. The molecule has 0 bridgehead atoms. The summed E-state index contributed by atoms with van der Waals surface area (Å²) in [6.07, 6.45) is 8.16. The van der Waals surface area contributed by atoms with Crippen molar-refractivity contribution in [1.82, 2.24) is 4.98 Å². The molecule has 104 valence electrons. The molecule has 1 unspecified atom stereocenters. The van der Waals surface area contributed by atoms with Gasteiger partial charge in [0, 0.05) is 24.7 Å². The van der Waals surface area contributed by atoms with Crippen molar-refractivity contribution in [3.63, 3.8) is 0 Å². The molecule has 1 aromatic rings. The van der Waals surface area contributed by atoms with Gasteiger partial charge in [-0.25, -0.2) is 4.98 Å². The number of aryl methyl sites for hydroxylation is 1. The van der Waals surface area contributed by atoms with Crippen LogP contribution in [0.2, 0.25) is 0 Å². The Balaban J connectivity index is 1.75. The molecule has 0 spiro atoms. The second-order valence-corrected chi connectivity index (χ2v) is 6.52. The second-order valence-electron chi connectivity index (χ2n) is 6.52. The van der Waals surface area contributed by atoms with Crippen molar-refractivity contribution in [1.29, 1.82) is 0 Å². The largest absolute Gasteiger partial charge is 0.396 e. The Kier molecular flexibility index (Phi) is 3.48. The molecule has 2 aliphatic rings. The topological polar surface area (TPSA) is 36.4 Å². The van der Waals surface area contributed by atoms with Crippen LogP contribution in [-0.4, -0.2) is 29.8 Å². The third kappa shape index (κ3) is 2.92. The lowest BCUT2D eigenvalue weighted by atomic mass is 9.76. The van der Waals surface area contributed by atoms with Crippen LogP contribution in [0.1, 0.15) is 37.7 Å². The van der Waals surface area contributed by atoms with Gasteiger partial charge < -0.3 is 10.0 Å².